The lowest BCUT2D eigenvalue weighted by atomic mass is 9.88. The van der Waals surface area contributed by atoms with Gasteiger partial charge in [0.15, 0.2) is 0 Å². The highest BCUT2D eigenvalue weighted by atomic mass is 35.5. The van der Waals surface area contributed by atoms with Crippen LogP contribution in [-0.2, 0) is 41.7 Å². The molecule has 2 aromatic carbocycles. The number of carbonyl (C=O) groups excluding carboxylic acids is 2. The van der Waals surface area contributed by atoms with Crippen LogP contribution in [0.2, 0.25) is 10.0 Å². The van der Waals surface area contributed by atoms with E-state index in [1.165, 1.54) is 29.2 Å². The van der Waals surface area contributed by atoms with Gasteiger partial charge in [-0.2, -0.15) is 15.4 Å². The van der Waals surface area contributed by atoms with E-state index in [1.54, 1.807) is 0 Å². The van der Waals surface area contributed by atoms with Crippen LogP contribution in [0.1, 0.15) is 21.5 Å². The second kappa shape index (κ2) is 14.7. The Balaban J connectivity index is 1.93. The molecule has 0 saturated carbocycles. The number of benzene rings is 3. The van der Waals surface area contributed by atoms with E-state index in [0.717, 1.165) is 4.90 Å². The van der Waals surface area contributed by atoms with Crippen LogP contribution in [0.15, 0.2) is 33.5 Å². The molecule has 5 N–H and O–H groups in total. The molecule has 0 spiro atoms. The fraction of sp³-hybridized carbons (Fsp3) is 0.200. The number of fused-ring (bicyclic) bond motifs is 3. The van der Waals surface area contributed by atoms with Crippen molar-refractivity contribution in [1.29, 1.82) is 0 Å². The van der Waals surface area contributed by atoms with Gasteiger partial charge < -0.3 is 34.3 Å². The summed E-state index contributed by atoms with van der Waals surface area (Å²) in [5.41, 5.74) is -1.61. The minimum atomic E-state index is -1.43. The molecule has 0 fully saturated rings. The molecule has 0 amide bonds. The van der Waals surface area contributed by atoms with Crippen molar-refractivity contribution in [2.75, 3.05) is 26.6 Å². The van der Waals surface area contributed by atoms with E-state index < -0.39 is 67.2 Å². The molecule has 0 bridgehead atoms. The molecule has 2 aliphatic rings. The average Bonchev–Trinajstić information content (AvgIpc) is 3.53. The molecule has 1 aliphatic carbocycles. The largest absolute Gasteiger partial charge is 0.506 e. The van der Waals surface area contributed by atoms with Crippen molar-refractivity contribution in [2.45, 2.75) is 13.1 Å². The molecule has 2 heterocycles. The number of hydrogen-bond donors (Lipinski definition) is 5. The normalized spacial score (nSPS) is 11.4. The number of hydrogen-bond acceptors (Lipinski definition) is 14. The quantitative estimate of drug-likeness (QED) is 0.0554. The Morgan fingerprint density at radius 3 is 2.12 bits per heavy atom. The number of halogens is 2. The lowest BCUT2D eigenvalue weighted by Crippen LogP contribution is -2.35. The third kappa shape index (κ3) is 6.99. The summed E-state index contributed by atoms with van der Waals surface area (Å²) in [7, 11) is 0. The number of aromatic amines is 1. The van der Waals surface area contributed by atoms with Crippen LogP contribution in [-0.4, -0.2) is 103 Å². The van der Waals surface area contributed by atoms with E-state index >= 15 is 0 Å². The zero-order valence-electron chi connectivity index (χ0n) is 25.2. The van der Waals surface area contributed by atoms with Crippen LogP contribution in [0.5, 0.6) is 5.75 Å². The van der Waals surface area contributed by atoms with Crippen molar-refractivity contribution < 1.29 is 58.3 Å². The Morgan fingerprint density at radius 2 is 1.52 bits per heavy atom. The fourth-order valence-electron chi connectivity index (χ4n) is 5.51. The molecule has 18 nitrogen and oxygen atoms in total. The van der Waals surface area contributed by atoms with Gasteiger partial charge in [0.05, 0.1) is 39.8 Å². The first-order valence-electron chi connectivity index (χ1n) is 14.0. The Hall–Kier alpha value is -5.82. The third-order valence-electron chi connectivity index (χ3n) is 7.43. The van der Waals surface area contributed by atoms with E-state index in [2.05, 4.69) is 15.4 Å². The molecule has 0 saturated heterocycles. The van der Waals surface area contributed by atoms with E-state index in [1.807, 2.05) is 0 Å². The van der Waals surface area contributed by atoms with Crippen molar-refractivity contribution in [3.63, 3.8) is 0 Å². The third-order valence-corrected chi connectivity index (χ3v) is 8.00. The molecule has 0 atom stereocenters. The number of rotatable bonds is 16. The number of H-pyrrole nitrogens is 1. The molecule has 0 radical (unpaired) electrons. The predicted molar refractivity (Wildman–Crippen MR) is 171 cm³/mol. The second-order valence-electron chi connectivity index (χ2n) is 10.6. The van der Waals surface area contributed by atoms with Gasteiger partial charge >= 0.3 is 17.9 Å². The smallest absolute Gasteiger partial charge is 0.338 e. The number of aromatic nitrogens is 3. The zero-order valence-corrected chi connectivity index (χ0v) is 26.7. The maximum absolute atomic E-state index is 13.6. The van der Waals surface area contributed by atoms with Crippen LogP contribution >= 0.6 is 23.2 Å². The van der Waals surface area contributed by atoms with Crippen LogP contribution in [0.25, 0.3) is 44.5 Å². The van der Waals surface area contributed by atoms with Crippen molar-refractivity contribution in [3.05, 3.63) is 61.2 Å². The molecular weight excluding hydrogens is 709 g/mol. The summed E-state index contributed by atoms with van der Waals surface area (Å²) in [6, 6.07) is 5.33. The van der Waals surface area contributed by atoms with Crippen molar-refractivity contribution in [1.82, 2.24) is 25.2 Å². The van der Waals surface area contributed by atoms with Crippen LogP contribution in [0, 0.1) is 0 Å². The molecule has 1 aromatic heterocycles. The van der Waals surface area contributed by atoms with Gasteiger partial charge in [-0.15, -0.1) is 0 Å². The highest BCUT2D eigenvalue weighted by Gasteiger charge is 2.31. The Kier molecular flexibility index (Phi) is 10.5. The monoisotopic (exact) mass is 731 g/mol. The number of aromatic hydroxyl groups is 1. The van der Waals surface area contributed by atoms with E-state index in [-0.39, 0.29) is 85.7 Å². The topological polar surface area (TPSA) is 263 Å². The van der Waals surface area contributed by atoms with E-state index in [0.29, 0.717) is 0 Å². The highest BCUT2D eigenvalue weighted by molar-refractivity contribution is 6.33. The second-order valence-corrected chi connectivity index (χ2v) is 11.4. The first-order chi connectivity index (χ1) is 23.9. The maximum Gasteiger partial charge on any atom is 0.338 e. The lowest BCUT2D eigenvalue weighted by molar-refractivity contribution is -0.143. The first kappa shape index (κ1) is 35.5. The van der Waals surface area contributed by atoms with E-state index in [4.69, 9.17) is 37.1 Å². The molecule has 3 aromatic rings. The zero-order chi connectivity index (χ0) is 36.3. The molecule has 1 aliphatic heterocycles. The average molecular weight is 732 g/mol. The Labute approximate surface area is 288 Å². The number of phenols is 1. The van der Waals surface area contributed by atoms with Gasteiger partial charge in [0.2, 0.25) is 5.43 Å². The standard InChI is InChI=1S/C30H23Cl2N5O13/c31-18-3-14-23(13-1-2-20-25(34-35-33-20)24(13)30(46)47)15-4-19(32)27(45)17(6-37(9-48-11-38)10-49-12-39)29(15)50-28(14)16(26(18)44)5-36(7-21(40)41)8-22(42)43/h1-4,11-12,45H,5-10H2,(H,40,41)(H,42,43)(H,46,47)(H,33,34,35). The molecule has 50 heavy (non-hydrogen) atoms. The van der Waals surface area contributed by atoms with Gasteiger partial charge in [-0.1, -0.05) is 29.3 Å². The summed E-state index contributed by atoms with van der Waals surface area (Å²) in [6.07, 6.45) is 0. The summed E-state index contributed by atoms with van der Waals surface area (Å²) in [5.74, 6) is -5.08. The van der Waals surface area contributed by atoms with Crippen LogP contribution in [0.3, 0.4) is 0 Å². The van der Waals surface area contributed by atoms with Crippen molar-refractivity contribution in [2.24, 2.45) is 0 Å². The SMILES string of the molecule is O=COCN(COC=O)Cc1c(O)c(Cl)cc2c(-c3ccc4n[nH]nc4c3C(=O)O)c3cc(Cl)c(=O)c(CN(CC(=O)O)CC(=O)O)c-3oc12. The summed E-state index contributed by atoms with van der Waals surface area (Å²) in [4.78, 5) is 73.7. The van der Waals surface area contributed by atoms with Gasteiger partial charge in [-0.3, -0.25) is 28.9 Å². The minimum Gasteiger partial charge on any atom is -0.506 e. The first-order valence-corrected chi connectivity index (χ1v) is 14.8. The summed E-state index contributed by atoms with van der Waals surface area (Å²) >= 11 is 12.9. The van der Waals surface area contributed by atoms with Crippen molar-refractivity contribution in [3.8, 4) is 28.2 Å². The number of phenolic OH excluding ortho intramolecular Hbond substituents is 1. The maximum atomic E-state index is 13.6. The van der Waals surface area contributed by atoms with Crippen LogP contribution < -0.4 is 5.43 Å². The molecular formula is C30H23Cl2N5O13. The number of carbonyl (C=O) groups is 5. The van der Waals surface area contributed by atoms with Gasteiger partial charge in [-0.05, 0) is 18.2 Å². The minimum absolute atomic E-state index is 0.00330. The number of nitrogens with one attached hydrogen (secondary N) is 1. The number of carboxylic acid groups (broad SMARTS) is 3. The van der Waals surface area contributed by atoms with Crippen LogP contribution in [0.4, 0.5) is 0 Å². The van der Waals surface area contributed by atoms with Gasteiger partial charge in [0.1, 0.15) is 41.6 Å². The number of aromatic carboxylic acids is 1. The van der Waals surface area contributed by atoms with E-state index in [9.17, 15) is 49.2 Å². The van der Waals surface area contributed by atoms with Gasteiger partial charge in [0, 0.05) is 35.2 Å². The summed E-state index contributed by atoms with van der Waals surface area (Å²) < 4.78 is 15.9. The summed E-state index contributed by atoms with van der Waals surface area (Å²) in [5, 5.41) is 50.3. The summed E-state index contributed by atoms with van der Waals surface area (Å²) in [6.45, 7) is -3.28. The predicted octanol–water partition coefficient (Wildman–Crippen LogP) is 2.58. The number of aliphatic carboxylic acids is 2. The van der Waals surface area contributed by atoms with Gasteiger partial charge in [0.25, 0.3) is 12.9 Å². The lowest BCUT2D eigenvalue weighted by Gasteiger charge is -2.25. The highest BCUT2D eigenvalue weighted by Crippen LogP contribution is 2.48. The fourth-order valence-corrected chi connectivity index (χ4v) is 5.96. The molecule has 20 heteroatoms. The van der Waals surface area contributed by atoms with Crippen molar-refractivity contribution >= 4 is 76.1 Å². The Morgan fingerprint density at radius 1 is 0.880 bits per heavy atom. The number of nitrogens with zero attached hydrogens (tertiary/aromatic N) is 4. The van der Waals surface area contributed by atoms with Gasteiger partial charge in [-0.25, -0.2) is 9.69 Å². The Bertz CT molecular complexity index is 2170. The molecule has 0 unspecified atom stereocenters. The number of carboxylic acids is 3. The molecule has 260 valence electrons. The molecule has 5 rings (SSSR count). The number of ether oxygens (including phenoxy) is 2.